The third kappa shape index (κ3) is 2.58. The summed E-state index contributed by atoms with van der Waals surface area (Å²) < 4.78 is 0. The summed E-state index contributed by atoms with van der Waals surface area (Å²) >= 11 is 0. The van der Waals surface area contributed by atoms with Gasteiger partial charge in [-0.05, 0) is 42.4 Å². The van der Waals surface area contributed by atoms with E-state index in [0.29, 0.717) is 0 Å². The molecule has 0 aromatic heterocycles. The maximum atomic E-state index is 11.8. The van der Waals surface area contributed by atoms with Crippen LogP contribution in [0.15, 0.2) is 18.2 Å². The zero-order valence-electron chi connectivity index (χ0n) is 10.6. The SMILES string of the molecule is CC(C)C(=O)C(O)c1ccc2c(c1)CCCC2. The number of rotatable bonds is 3. The summed E-state index contributed by atoms with van der Waals surface area (Å²) in [6, 6.07) is 5.98. The van der Waals surface area contributed by atoms with Crippen molar-refractivity contribution < 1.29 is 9.90 Å². The number of aryl methyl sites for hydroxylation is 2. The van der Waals surface area contributed by atoms with E-state index in [1.54, 1.807) is 0 Å². The van der Waals surface area contributed by atoms with Gasteiger partial charge < -0.3 is 5.11 Å². The van der Waals surface area contributed by atoms with Crippen molar-refractivity contribution in [1.29, 1.82) is 0 Å². The Balaban J connectivity index is 2.24. The van der Waals surface area contributed by atoms with Gasteiger partial charge in [-0.25, -0.2) is 0 Å². The lowest BCUT2D eigenvalue weighted by atomic mass is 9.88. The monoisotopic (exact) mass is 232 g/mol. The topological polar surface area (TPSA) is 37.3 Å². The molecule has 2 rings (SSSR count). The Morgan fingerprint density at radius 3 is 2.47 bits per heavy atom. The molecule has 0 heterocycles. The molecule has 0 amide bonds. The van der Waals surface area contributed by atoms with E-state index in [4.69, 9.17) is 0 Å². The van der Waals surface area contributed by atoms with Crippen molar-refractivity contribution in [2.45, 2.75) is 45.6 Å². The van der Waals surface area contributed by atoms with Gasteiger partial charge in [0.15, 0.2) is 5.78 Å². The molecule has 2 nitrogen and oxygen atoms in total. The number of hydrogen-bond donors (Lipinski definition) is 1. The molecule has 0 aliphatic heterocycles. The van der Waals surface area contributed by atoms with Crippen molar-refractivity contribution in [2.75, 3.05) is 0 Å². The molecule has 0 spiro atoms. The Kier molecular flexibility index (Phi) is 3.63. The van der Waals surface area contributed by atoms with Gasteiger partial charge in [0.05, 0.1) is 0 Å². The molecule has 92 valence electrons. The number of ketones is 1. The van der Waals surface area contributed by atoms with Crippen LogP contribution < -0.4 is 0 Å². The first-order valence-corrected chi connectivity index (χ1v) is 6.43. The molecule has 1 atom stereocenters. The third-order valence-corrected chi connectivity index (χ3v) is 3.53. The van der Waals surface area contributed by atoms with Crippen LogP contribution in [0.5, 0.6) is 0 Å². The fourth-order valence-corrected chi connectivity index (χ4v) is 2.40. The van der Waals surface area contributed by atoms with Crippen LogP contribution >= 0.6 is 0 Å². The van der Waals surface area contributed by atoms with Crippen LogP contribution in [0.25, 0.3) is 0 Å². The lowest BCUT2D eigenvalue weighted by Gasteiger charge is -2.19. The van der Waals surface area contributed by atoms with Gasteiger partial charge in [-0.15, -0.1) is 0 Å². The van der Waals surface area contributed by atoms with Crippen LogP contribution in [-0.4, -0.2) is 10.9 Å². The molecule has 2 heteroatoms. The van der Waals surface area contributed by atoms with Crippen LogP contribution in [0.4, 0.5) is 0 Å². The van der Waals surface area contributed by atoms with Crippen molar-refractivity contribution in [3.63, 3.8) is 0 Å². The van der Waals surface area contributed by atoms with E-state index < -0.39 is 6.10 Å². The average Bonchev–Trinajstić information content (AvgIpc) is 2.36. The minimum atomic E-state index is -0.956. The number of Topliss-reactive ketones (excluding diaryl/α,β-unsaturated/α-hetero) is 1. The average molecular weight is 232 g/mol. The number of aliphatic hydroxyl groups is 1. The molecule has 1 aromatic rings. The highest BCUT2D eigenvalue weighted by Gasteiger charge is 2.21. The highest BCUT2D eigenvalue weighted by atomic mass is 16.3. The first-order chi connectivity index (χ1) is 8.09. The molecule has 17 heavy (non-hydrogen) atoms. The highest BCUT2D eigenvalue weighted by Crippen LogP contribution is 2.26. The Morgan fingerprint density at radius 2 is 1.82 bits per heavy atom. The normalized spacial score (nSPS) is 16.7. The van der Waals surface area contributed by atoms with Gasteiger partial charge in [-0.2, -0.15) is 0 Å². The maximum absolute atomic E-state index is 11.8. The molecule has 1 aromatic carbocycles. The maximum Gasteiger partial charge on any atom is 0.168 e. The Hall–Kier alpha value is -1.15. The van der Waals surface area contributed by atoms with Crippen molar-refractivity contribution in [3.05, 3.63) is 34.9 Å². The van der Waals surface area contributed by atoms with E-state index >= 15 is 0 Å². The fraction of sp³-hybridized carbons (Fsp3) is 0.533. The van der Waals surface area contributed by atoms with Gasteiger partial charge in [-0.1, -0.05) is 32.0 Å². The smallest absolute Gasteiger partial charge is 0.168 e. The van der Waals surface area contributed by atoms with E-state index in [9.17, 15) is 9.90 Å². The molecular formula is C15H20O2. The molecule has 1 aliphatic rings. The van der Waals surface area contributed by atoms with E-state index in [2.05, 4.69) is 6.07 Å². The zero-order chi connectivity index (χ0) is 12.4. The van der Waals surface area contributed by atoms with Crippen molar-refractivity contribution in [1.82, 2.24) is 0 Å². The summed E-state index contributed by atoms with van der Waals surface area (Å²) in [4.78, 5) is 11.8. The summed E-state index contributed by atoms with van der Waals surface area (Å²) in [5.41, 5.74) is 3.44. The van der Waals surface area contributed by atoms with Crippen LogP contribution in [0.2, 0.25) is 0 Å². The fourth-order valence-electron chi connectivity index (χ4n) is 2.40. The quantitative estimate of drug-likeness (QED) is 0.870. The summed E-state index contributed by atoms with van der Waals surface area (Å²) in [6.45, 7) is 3.65. The number of aliphatic hydroxyl groups excluding tert-OH is 1. The third-order valence-electron chi connectivity index (χ3n) is 3.53. The van der Waals surface area contributed by atoms with Crippen molar-refractivity contribution in [3.8, 4) is 0 Å². The second-order valence-corrected chi connectivity index (χ2v) is 5.19. The van der Waals surface area contributed by atoms with E-state index in [1.807, 2.05) is 26.0 Å². The largest absolute Gasteiger partial charge is 0.381 e. The summed E-state index contributed by atoms with van der Waals surface area (Å²) in [5, 5.41) is 10.0. The predicted octanol–water partition coefficient (Wildman–Crippen LogP) is 2.82. The van der Waals surface area contributed by atoms with Crippen LogP contribution in [0, 0.1) is 5.92 Å². The number of hydrogen-bond acceptors (Lipinski definition) is 2. The van der Waals surface area contributed by atoms with Gasteiger partial charge in [0.25, 0.3) is 0 Å². The zero-order valence-corrected chi connectivity index (χ0v) is 10.6. The van der Waals surface area contributed by atoms with Gasteiger partial charge in [0, 0.05) is 5.92 Å². The summed E-state index contributed by atoms with van der Waals surface area (Å²) in [6.07, 6.45) is 3.71. The molecule has 0 saturated carbocycles. The first kappa shape index (κ1) is 12.3. The molecular weight excluding hydrogens is 212 g/mol. The highest BCUT2D eigenvalue weighted by molar-refractivity contribution is 5.85. The number of carbonyl (C=O) groups is 1. The second kappa shape index (κ2) is 5.01. The van der Waals surface area contributed by atoms with Crippen LogP contribution in [-0.2, 0) is 17.6 Å². The van der Waals surface area contributed by atoms with Gasteiger partial charge >= 0.3 is 0 Å². The number of benzene rings is 1. The van der Waals surface area contributed by atoms with E-state index in [-0.39, 0.29) is 11.7 Å². The molecule has 0 saturated heterocycles. The summed E-state index contributed by atoms with van der Waals surface area (Å²) in [5.74, 6) is -0.221. The predicted molar refractivity (Wildman–Crippen MR) is 67.9 cm³/mol. The molecule has 0 fully saturated rings. The van der Waals surface area contributed by atoms with Gasteiger partial charge in [0.1, 0.15) is 6.10 Å². The van der Waals surface area contributed by atoms with Crippen LogP contribution in [0.3, 0.4) is 0 Å². The van der Waals surface area contributed by atoms with Crippen molar-refractivity contribution >= 4 is 5.78 Å². The Morgan fingerprint density at radius 1 is 1.18 bits per heavy atom. The molecule has 0 radical (unpaired) electrons. The molecule has 1 aliphatic carbocycles. The minimum absolute atomic E-state index is 0.0965. The van der Waals surface area contributed by atoms with E-state index in [1.165, 1.54) is 24.0 Å². The Bertz CT molecular complexity index is 421. The number of carbonyl (C=O) groups excluding carboxylic acids is 1. The van der Waals surface area contributed by atoms with E-state index in [0.717, 1.165) is 18.4 Å². The standard InChI is InChI=1S/C15H20O2/c1-10(2)14(16)15(17)13-8-7-11-5-3-4-6-12(11)9-13/h7-10,15,17H,3-6H2,1-2H3. The molecule has 0 bridgehead atoms. The second-order valence-electron chi connectivity index (χ2n) is 5.19. The lowest BCUT2D eigenvalue weighted by Crippen LogP contribution is -2.18. The van der Waals surface area contributed by atoms with Crippen LogP contribution in [0.1, 0.15) is 49.5 Å². The number of fused-ring (bicyclic) bond motifs is 1. The minimum Gasteiger partial charge on any atom is -0.381 e. The van der Waals surface area contributed by atoms with Crippen molar-refractivity contribution in [2.24, 2.45) is 5.92 Å². The Labute approximate surface area is 103 Å². The molecule has 1 unspecified atom stereocenters. The molecule has 1 N–H and O–H groups in total. The van der Waals surface area contributed by atoms with Gasteiger partial charge in [-0.3, -0.25) is 4.79 Å². The lowest BCUT2D eigenvalue weighted by molar-refractivity contribution is -0.130. The van der Waals surface area contributed by atoms with Gasteiger partial charge in [0.2, 0.25) is 0 Å². The first-order valence-electron chi connectivity index (χ1n) is 6.43. The summed E-state index contributed by atoms with van der Waals surface area (Å²) in [7, 11) is 0.